The fraction of sp³-hybridized carbons (Fsp3) is 0.529. The molecule has 0 spiro atoms. The Balaban J connectivity index is 2.02. The summed E-state index contributed by atoms with van der Waals surface area (Å²) in [7, 11) is 0. The maximum absolute atomic E-state index is 12.2. The molecule has 7 nitrogen and oxygen atoms in total. The van der Waals surface area contributed by atoms with Crippen LogP contribution in [0.1, 0.15) is 55.6 Å². The Morgan fingerprint density at radius 3 is 2.92 bits per heavy atom. The second kappa shape index (κ2) is 6.22. The maximum Gasteiger partial charge on any atom is 0.343 e. The lowest BCUT2D eigenvalue weighted by molar-refractivity contribution is -0.428. The van der Waals surface area contributed by atoms with Crippen molar-refractivity contribution in [2.24, 2.45) is 5.92 Å². The van der Waals surface area contributed by atoms with Crippen molar-refractivity contribution in [1.82, 2.24) is 5.16 Å². The van der Waals surface area contributed by atoms with E-state index in [1.54, 1.807) is 13.0 Å². The zero-order chi connectivity index (χ0) is 17.3. The summed E-state index contributed by atoms with van der Waals surface area (Å²) in [6.45, 7) is 4.12. The molecular formula is C17H20N2O5. The average Bonchev–Trinajstić information content (AvgIpc) is 3.01. The summed E-state index contributed by atoms with van der Waals surface area (Å²) in [5, 5.41) is 15.2. The van der Waals surface area contributed by atoms with Crippen molar-refractivity contribution in [1.29, 1.82) is 0 Å². The zero-order valence-corrected chi connectivity index (χ0v) is 13.8. The third-order valence-electron chi connectivity index (χ3n) is 4.79. The molecule has 7 heteroatoms. The number of hydrogen-bond acceptors (Lipinski definition) is 6. The fourth-order valence-electron chi connectivity index (χ4n) is 3.79. The number of allylic oxidation sites excluding steroid dienone is 4. The molecule has 0 radical (unpaired) electrons. The topological polar surface area (TPSA) is 95.5 Å². The molecule has 1 saturated carbocycles. The van der Waals surface area contributed by atoms with E-state index in [2.05, 4.69) is 12.1 Å². The lowest BCUT2D eigenvalue weighted by Crippen LogP contribution is -2.43. The van der Waals surface area contributed by atoms with Gasteiger partial charge in [-0.3, -0.25) is 10.1 Å². The van der Waals surface area contributed by atoms with Crippen molar-refractivity contribution < 1.29 is 19.0 Å². The van der Waals surface area contributed by atoms with Gasteiger partial charge in [-0.25, -0.2) is 4.79 Å². The van der Waals surface area contributed by atoms with Crippen molar-refractivity contribution in [3.63, 3.8) is 0 Å². The van der Waals surface area contributed by atoms with Crippen LogP contribution in [-0.2, 0) is 10.2 Å². The first-order valence-corrected chi connectivity index (χ1v) is 8.15. The SMILES string of the molecule is CCOC(=O)c1conc1C1(C2=CCCC([N+](=O)[O-])=C2)CC(C)C1. The van der Waals surface area contributed by atoms with Crippen LogP contribution in [-0.4, -0.2) is 22.7 Å². The summed E-state index contributed by atoms with van der Waals surface area (Å²) in [5.41, 5.74) is 1.40. The normalized spacial score (nSPS) is 26.2. The van der Waals surface area contributed by atoms with Crippen LogP contribution in [0.25, 0.3) is 0 Å². The molecule has 2 aliphatic rings. The molecule has 0 aromatic carbocycles. The highest BCUT2D eigenvalue weighted by Crippen LogP contribution is 2.54. The molecule has 0 atom stereocenters. The molecular weight excluding hydrogens is 312 g/mol. The van der Waals surface area contributed by atoms with Gasteiger partial charge in [0.25, 0.3) is 0 Å². The largest absolute Gasteiger partial charge is 0.462 e. The molecule has 1 aromatic rings. The van der Waals surface area contributed by atoms with Gasteiger partial charge in [0.15, 0.2) is 0 Å². The van der Waals surface area contributed by atoms with Crippen molar-refractivity contribution in [3.8, 4) is 0 Å². The van der Waals surface area contributed by atoms with Gasteiger partial charge in [0, 0.05) is 17.9 Å². The minimum Gasteiger partial charge on any atom is -0.462 e. The van der Waals surface area contributed by atoms with Crippen LogP contribution in [0.5, 0.6) is 0 Å². The summed E-state index contributed by atoms with van der Waals surface area (Å²) in [6.07, 6.45) is 7.55. The monoisotopic (exact) mass is 332 g/mol. The van der Waals surface area contributed by atoms with Crippen LogP contribution in [0.2, 0.25) is 0 Å². The molecule has 0 amide bonds. The summed E-state index contributed by atoms with van der Waals surface area (Å²) in [6, 6.07) is 0. The van der Waals surface area contributed by atoms with Crippen LogP contribution in [0.15, 0.2) is 34.2 Å². The molecule has 0 aliphatic heterocycles. The van der Waals surface area contributed by atoms with E-state index in [4.69, 9.17) is 9.26 Å². The number of carbonyl (C=O) groups excluding carboxylic acids is 1. The highest BCUT2D eigenvalue weighted by Gasteiger charge is 2.50. The molecule has 0 N–H and O–H groups in total. The first-order valence-electron chi connectivity index (χ1n) is 8.15. The number of aromatic nitrogens is 1. The quantitative estimate of drug-likeness (QED) is 0.466. The minimum atomic E-state index is -0.504. The van der Waals surface area contributed by atoms with Gasteiger partial charge in [0.2, 0.25) is 5.70 Å². The third-order valence-corrected chi connectivity index (χ3v) is 4.79. The van der Waals surface area contributed by atoms with E-state index in [9.17, 15) is 14.9 Å². The Bertz CT molecular complexity index is 725. The van der Waals surface area contributed by atoms with Crippen molar-refractivity contribution >= 4 is 5.97 Å². The highest BCUT2D eigenvalue weighted by molar-refractivity contribution is 5.91. The molecule has 24 heavy (non-hydrogen) atoms. The van der Waals surface area contributed by atoms with Crippen LogP contribution in [0, 0.1) is 16.0 Å². The summed E-state index contributed by atoms with van der Waals surface area (Å²) in [4.78, 5) is 23.0. The Hall–Kier alpha value is -2.44. The molecule has 0 bridgehead atoms. The molecule has 128 valence electrons. The standard InChI is InChI=1S/C17H20N2O5/c1-3-23-16(20)14-10-24-18-15(14)17(8-11(2)9-17)12-5-4-6-13(7-12)19(21)22/h5,7,10-11H,3-4,6,8-9H2,1-2H3. The summed E-state index contributed by atoms with van der Waals surface area (Å²) >= 11 is 0. The molecule has 0 saturated heterocycles. The lowest BCUT2D eigenvalue weighted by Gasteiger charge is -2.47. The van der Waals surface area contributed by atoms with Gasteiger partial charge in [0.1, 0.15) is 17.5 Å². The van der Waals surface area contributed by atoms with Crippen molar-refractivity contribution in [2.45, 2.75) is 44.9 Å². The highest BCUT2D eigenvalue weighted by atomic mass is 16.6. The lowest BCUT2D eigenvalue weighted by atomic mass is 9.56. The van der Waals surface area contributed by atoms with Gasteiger partial charge in [-0.2, -0.15) is 0 Å². The van der Waals surface area contributed by atoms with E-state index in [-0.39, 0.29) is 17.2 Å². The number of nitrogens with zero attached hydrogens (tertiary/aromatic N) is 2. The summed E-state index contributed by atoms with van der Waals surface area (Å²) < 4.78 is 10.1. The van der Waals surface area contributed by atoms with Gasteiger partial charge >= 0.3 is 5.97 Å². The average molecular weight is 332 g/mol. The van der Waals surface area contributed by atoms with Gasteiger partial charge in [-0.15, -0.1) is 0 Å². The number of rotatable bonds is 5. The third kappa shape index (κ3) is 2.64. The zero-order valence-electron chi connectivity index (χ0n) is 13.8. The van der Waals surface area contributed by atoms with E-state index >= 15 is 0 Å². The van der Waals surface area contributed by atoms with Crippen LogP contribution < -0.4 is 0 Å². The van der Waals surface area contributed by atoms with E-state index in [0.29, 0.717) is 30.0 Å². The predicted molar refractivity (Wildman–Crippen MR) is 84.9 cm³/mol. The first kappa shape index (κ1) is 16.4. The predicted octanol–water partition coefficient (Wildman–Crippen LogP) is 3.40. The Labute approximate surface area is 139 Å². The molecule has 2 aliphatic carbocycles. The summed E-state index contributed by atoms with van der Waals surface area (Å²) in [5.74, 6) is -0.0189. The van der Waals surface area contributed by atoms with Crippen molar-refractivity contribution in [2.75, 3.05) is 6.61 Å². The van der Waals surface area contributed by atoms with E-state index < -0.39 is 11.4 Å². The van der Waals surface area contributed by atoms with Gasteiger partial charge in [-0.05, 0) is 37.7 Å². The second-order valence-corrected chi connectivity index (χ2v) is 6.48. The van der Waals surface area contributed by atoms with Crippen LogP contribution in [0.3, 0.4) is 0 Å². The van der Waals surface area contributed by atoms with E-state index in [1.807, 2.05) is 6.08 Å². The first-order chi connectivity index (χ1) is 11.5. The van der Waals surface area contributed by atoms with Gasteiger partial charge in [-0.1, -0.05) is 18.2 Å². The van der Waals surface area contributed by atoms with Crippen molar-refractivity contribution in [3.05, 3.63) is 51.1 Å². The molecule has 0 unspecified atom stereocenters. The van der Waals surface area contributed by atoms with Gasteiger partial charge in [0.05, 0.1) is 11.5 Å². The molecule has 1 fully saturated rings. The number of hydrogen-bond donors (Lipinski definition) is 0. The molecule has 3 rings (SSSR count). The van der Waals surface area contributed by atoms with E-state index in [1.165, 1.54) is 6.26 Å². The minimum absolute atomic E-state index is 0.201. The second-order valence-electron chi connectivity index (χ2n) is 6.48. The Kier molecular flexibility index (Phi) is 4.26. The Morgan fingerprint density at radius 2 is 2.29 bits per heavy atom. The van der Waals surface area contributed by atoms with Crippen LogP contribution >= 0.6 is 0 Å². The molecule has 1 aromatic heterocycles. The number of ether oxygens (including phenoxy) is 1. The Morgan fingerprint density at radius 1 is 1.54 bits per heavy atom. The van der Waals surface area contributed by atoms with Gasteiger partial charge < -0.3 is 9.26 Å². The fourth-order valence-corrected chi connectivity index (χ4v) is 3.79. The van der Waals surface area contributed by atoms with Crippen LogP contribution in [0.4, 0.5) is 0 Å². The maximum atomic E-state index is 12.2. The molecule has 1 heterocycles. The number of nitro groups is 1. The number of carbonyl (C=O) groups is 1. The van der Waals surface area contributed by atoms with E-state index in [0.717, 1.165) is 18.4 Å². The number of esters is 1. The smallest absolute Gasteiger partial charge is 0.343 e.